The lowest BCUT2D eigenvalue weighted by molar-refractivity contribution is 0.0741. The van der Waals surface area contributed by atoms with E-state index in [1.807, 2.05) is 29.4 Å². The number of aryl methyl sites for hydroxylation is 2. The molecule has 0 amide bonds. The number of rotatable bonds is 9. The third-order valence-electron chi connectivity index (χ3n) is 4.15. The van der Waals surface area contributed by atoms with Crippen molar-refractivity contribution in [2.24, 2.45) is 5.10 Å². The standard InChI is InChI=1S/C21H25N3O2S/c1-16-8-9-17(2)18(14-16)15-22-24(10-11-26-13-12-25-3)21-23-19-6-4-5-7-20(19)27-21/h4-9,14-15H,10-13H2,1-3H3/b22-15+. The predicted octanol–water partition coefficient (Wildman–Crippen LogP) is 4.42. The number of aromatic nitrogens is 1. The summed E-state index contributed by atoms with van der Waals surface area (Å²) in [5.74, 6) is 0. The Labute approximate surface area is 164 Å². The summed E-state index contributed by atoms with van der Waals surface area (Å²) >= 11 is 1.64. The van der Waals surface area contributed by atoms with E-state index in [2.05, 4.69) is 38.1 Å². The van der Waals surface area contributed by atoms with Crippen LogP contribution in [0.25, 0.3) is 10.2 Å². The Morgan fingerprint density at radius 3 is 2.78 bits per heavy atom. The second kappa shape index (κ2) is 9.60. The van der Waals surface area contributed by atoms with E-state index in [0.717, 1.165) is 20.9 Å². The molecule has 0 radical (unpaired) electrons. The van der Waals surface area contributed by atoms with Gasteiger partial charge in [0.15, 0.2) is 0 Å². The summed E-state index contributed by atoms with van der Waals surface area (Å²) < 4.78 is 11.8. The molecule has 0 saturated heterocycles. The van der Waals surface area contributed by atoms with E-state index < -0.39 is 0 Å². The van der Waals surface area contributed by atoms with Gasteiger partial charge in [0.05, 0.1) is 42.8 Å². The number of fused-ring (bicyclic) bond motifs is 1. The van der Waals surface area contributed by atoms with Crippen LogP contribution in [0.2, 0.25) is 0 Å². The molecule has 0 aliphatic rings. The number of para-hydroxylation sites is 1. The summed E-state index contributed by atoms with van der Waals surface area (Å²) in [4.78, 5) is 4.73. The molecule has 0 fully saturated rings. The molecule has 2 aromatic carbocycles. The van der Waals surface area contributed by atoms with Crippen molar-refractivity contribution in [2.45, 2.75) is 13.8 Å². The number of ether oxygens (including phenoxy) is 2. The average Bonchev–Trinajstić information content (AvgIpc) is 3.10. The zero-order valence-corrected chi connectivity index (χ0v) is 16.8. The summed E-state index contributed by atoms with van der Waals surface area (Å²) in [6, 6.07) is 14.5. The van der Waals surface area contributed by atoms with Gasteiger partial charge in [-0.3, -0.25) is 0 Å². The Morgan fingerprint density at radius 2 is 1.96 bits per heavy atom. The molecular formula is C21H25N3O2S. The van der Waals surface area contributed by atoms with Crippen LogP contribution in [0.5, 0.6) is 0 Å². The van der Waals surface area contributed by atoms with E-state index in [0.29, 0.717) is 26.4 Å². The molecular weight excluding hydrogens is 358 g/mol. The van der Waals surface area contributed by atoms with Crippen LogP contribution in [0, 0.1) is 13.8 Å². The van der Waals surface area contributed by atoms with Crippen LogP contribution in [0.1, 0.15) is 16.7 Å². The van der Waals surface area contributed by atoms with Crippen molar-refractivity contribution in [3.8, 4) is 0 Å². The highest BCUT2D eigenvalue weighted by Gasteiger charge is 2.11. The lowest BCUT2D eigenvalue weighted by atomic mass is 10.1. The van der Waals surface area contributed by atoms with E-state index in [4.69, 9.17) is 19.6 Å². The normalized spacial score (nSPS) is 11.5. The van der Waals surface area contributed by atoms with Crippen molar-refractivity contribution >= 4 is 32.9 Å². The molecule has 0 unspecified atom stereocenters. The largest absolute Gasteiger partial charge is 0.382 e. The Kier molecular flexibility index (Phi) is 6.92. The van der Waals surface area contributed by atoms with Crippen LogP contribution in [0.4, 0.5) is 5.13 Å². The van der Waals surface area contributed by atoms with E-state index >= 15 is 0 Å². The number of anilines is 1. The number of nitrogens with zero attached hydrogens (tertiary/aromatic N) is 3. The fraction of sp³-hybridized carbons (Fsp3) is 0.333. The van der Waals surface area contributed by atoms with Crippen molar-refractivity contribution in [3.05, 3.63) is 59.2 Å². The summed E-state index contributed by atoms with van der Waals surface area (Å²) in [5, 5.41) is 7.51. The molecule has 3 rings (SSSR count). The number of hydrogen-bond acceptors (Lipinski definition) is 6. The minimum absolute atomic E-state index is 0.559. The van der Waals surface area contributed by atoms with Gasteiger partial charge in [-0.15, -0.1) is 0 Å². The number of methoxy groups -OCH3 is 1. The van der Waals surface area contributed by atoms with E-state index in [1.165, 1.54) is 11.1 Å². The van der Waals surface area contributed by atoms with Gasteiger partial charge in [-0.25, -0.2) is 9.99 Å². The maximum absolute atomic E-state index is 5.63. The predicted molar refractivity (Wildman–Crippen MR) is 113 cm³/mol. The smallest absolute Gasteiger partial charge is 0.207 e. The first-order chi connectivity index (χ1) is 13.2. The minimum Gasteiger partial charge on any atom is -0.382 e. The van der Waals surface area contributed by atoms with E-state index in [9.17, 15) is 0 Å². The lowest BCUT2D eigenvalue weighted by Crippen LogP contribution is -2.22. The van der Waals surface area contributed by atoms with Gasteiger partial charge in [0.2, 0.25) is 5.13 Å². The molecule has 3 aromatic rings. The number of benzene rings is 2. The number of hydrazone groups is 1. The quantitative estimate of drug-likeness (QED) is 0.312. The summed E-state index contributed by atoms with van der Waals surface area (Å²) in [7, 11) is 1.67. The molecule has 0 bridgehead atoms. The molecule has 0 aliphatic heterocycles. The third kappa shape index (κ3) is 5.35. The fourth-order valence-corrected chi connectivity index (χ4v) is 3.55. The molecule has 6 heteroatoms. The summed E-state index contributed by atoms with van der Waals surface area (Å²) in [6.07, 6.45) is 1.91. The first-order valence-electron chi connectivity index (χ1n) is 8.98. The van der Waals surface area contributed by atoms with Crippen molar-refractivity contribution in [1.82, 2.24) is 4.98 Å². The fourth-order valence-electron chi connectivity index (χ4n) is 2.60. The van der Waals surface area contributed by atoms with Gasteiger partial charge < -0.3 is 9.47 Å². The van der Waals surface area contributed by atoms with Crippen molar-refractivity contribution in [2.75, 3.05) is 38.5 Å². The Hall–Kier alpha value is -2.28. The monoisotopic (exact) mass is 383 g/mol. The van der Waals surface area contributed by atoms with Crippen LogP contribution in [-0.2, 0) is 9.47 Å². The second-order valence-corrected chi connectivity index (χ2v) is 7.31. The van der Waals surface area contributed by atoms with Crippen LogP contribution in [0.15, 0.2) is 47.6 Å². The Bertz CT molecular complexity index is 874. The van der Waals surface area contributed by atoms with Crippen LogP contribution < -0.4 is 5.01 Å². The van der Waals surface area contributed by atoms with E-state index in [-0.39, 0.29) is 0 Å². The second-order valence-electron chi connectivity index (χ2n) is 6.30. The topological polar surface area (TPSA) is 47.0 Å². The molecule has 142 valence electrons. The highest BCUT2D eigenvalue weighted by atomic mass is 32.1. The first-order valence-corrected chi connectivity index (χ1v) is 9.80. The SMILES string of the molecule is COCCOCCN(/N=C/c1cc(C)ccc1C)c1nc2ccccc2s1. The Morgan fingerprint density at radius 1 is 1.11 bits per heavy atom. The molecule has 5 nitrogen and oxygen atoms in total. The van der Waals surface area contributed by atoms with Gasteiger partial charge in [0.25, 0.3) is 0 Å². The van der Waals surface area contributed by atoms with Crippen molar-refractivity contribution < 1.29 is 9.47 Å². The summed E-state index contributed by atoms with van der Waals surface area (Å²) in [6.45, 7) is 6.54. The van der Waals surface area contributed by atoms with Crippen LogP contribution in [-0.4, -0.2) is 44.7 Å². The van der Waals surface area contributed by atoms with Gasteiger partial charge in [0, 0.05) is 7.11 Å². The molecule has 0 N–H and O–H groups in total. The average molecular weight is 384 g/mol. The Balaban J connectivity index is 1.80. The zero-order chi connectivity index (χ0) is 19.1. The van der Waals surface area contributed by atoms with E-state index in [1.54, 1.807) is 18.4 Å². The molecule has 0 aliphatic carbocycles. The van der Waals surface area contributed by atoms with Crippen molar-refractivity contribution in [3.63, 3.8) is 0 Å². The maximum atomic E-state index is 5.63. The molecule has 0 saturated carbocycles. The summed E-state index contributed by atoms with van der Waals surface area (Å²) in [5.41, 5.74) is 4.52. The molecule has 0 spiro atoms. The van der Waals surface area contributed by atoms with Gasteiger partial charge >= 0.3 is 0 Å². The van der Waals surface area contributed by atoms with Crippen LogP contribution >= 0.6 is 11.3 Å². The highest BCUT2D eigenvalue weighted by molar-refractivity contribution is 7.22. The highest BCUT2D eigenvalue weighted by Crippen LogP contribution is 2.28. The lowest BCUT2D eigenvalue weighted by Gasteiger charge is -2.16. The van der Waals surface area contributed by atoms with Gasteiger partial charge in [0.1, 0.15) is 0 Å². The molecule has 27 heavy (non-hydrogen) atoms. The maximum Gasteiger partial charge on any atom is 0.207 e. The van der Waals surface area contributed by atoms with Gasteiger partial charge in [-0.2, -0.15) is 5.10 Å². The van der Waals surface area contributed by atoms with Crippen LogP contribution in [0.3, 0.4) is 0 Å². The molecule has 1 heterocycles. The van der Waals surface area contributed by atoms with Crippen molar-refractivity contribution in [1.29, 1.82) is 0 Å². The van der Waals surface area contributed by atoms with Gasteiger partial charge in [-0.1, -0.05) is 47.2 Å². The number of hydrogen-bond donors (Lipinski definition) is 0. The molecule has 0 atom stereocenters. The third-order valence-corrected chi connectivity index (χ3v) is 5.20. The zero-order valence-electron chi connectivity index (χ0n) is 16.0. The number of thiazole rings is 1. The minimum atomic E-state index is 0.559. The van der Waals surface area contributed by atoms with Gasteiger partial charge in [-0.05, 0) is 37.1 Å². The molecule has 1 aromatic heterocycles. The first kappa shape index (κ1) is 19.5.